The summed E-state index contributed by atoms with van der Waals surface area (Å²) in [5.74, 6) is -2.26. The fourth-order valence-corrected chi connectivity index (χ4v) is 2.43. The van der Waals surface area contributed by atoms with Gasteiger partial charge in [0, 0.05) is 10.0 Å². The van der Waals surface area contributed by atoms with Crippen LogP contribution in [0.4, 0.5) is 17.6 Å². The first kappa shape index (κ1) is 16.7. The number of nitrogens with one attached hydrogen (secondary N) is 1. The van der Waals surface area contributed by atoms with Gasteiger partial charge in [-0.1, -0.05) is 27.7 Å². The zero-order chi connectivity index (χ0) is 16.3. The number of alkyl halides is 3. The van der Waals surface area contributed by atoms with Gasteiger partial charge in [0.25, 0.3) is 0 Å². The number of benzene rings is 1. The molecule has 1 aliphatic heterocycles. The molecule has 5 nitrogen and oxygen atoms in total. The van der Waals surface area contributed by atoms with Crippen molar-refractivity contribution in [2.24, 2.45) is 10.2 Å². The lowest BCUT2D eigenvalue weighted by Gasteiger charge is -2.11. The summed E-state index contributed by atoms with van der Waals surface area (Å²) in [7, 11) is 0. The first-order valence-corrected chi connectivity index (χ1v) is 7.31. The average molecular weight is 400 g/mol. The van der Waals surface area contributed by atoms with E-state index in [4.69, 9.17) is 0 Å². The van der Waals surface area contributed by atoms with E-state index >= 15 is 0 Å². The van der Waals surface area contributed by atoms with E-state index in [2.05, 4.69) is 36.2 Å². The molecule has 1 saturated heterocycles. The smallest absolute Gasteiger partial charge is 0.403 e. The van der Waals surface area contributed by atoms with Crippen molar-refractivity contribution in [1.82, 2.24) is 5.32 Å². The van der Waals surface area contributed by atoms with E-state index in [9.17, 15) is 22.4 Å². The Morgan fingerprint density at radius 2 is 2.14 bits per heavy atom. The minimum Gasteiger partial charge on any atom is -0.403 e. The maximum absolute atomic E-state index is 14.0. The van der Waals surface area contributed by atoms with Gasteiger partial charge in [-0.25, -0.2) is 4.39 Å². The number of halogens is 5. The van der Waals surface area contributed by atoms with Gasteiger partial charge in [-0.3, -0.25) is 4.79 Å². The van der Waals surface area contributed by atoms with Gasteiger partial charge in [-0.05, 0) is 12.1 Å². The van der Waals surface area contributed by atoms with Crippen molar-refractivity contribution in [3.63, 3.8) is 0 Å². The maximum Gasteiger partial charge on any atom is 0.573 e. The van der Waals surface area contributed by atoms with Crippen LogP contribution in [0.3, 0.4) is 0 Å². The van der Waals surface area contributed by atoms with Crippen LogP contribution in [-0.2, 0) is 4.79 Å². The van der Waals surface area contributed by atoms with Crippen LogP contribution >= 0.6 is 27.7 Å². The van der Waals surface area contributed by atoms with Gasteiger partial charge in [-0.15, -0.1) is 18.3 Å². The summed E-state index contributed by atoms with van der Waals surface area (Å²) in [6.07, 6.45) is -4.09. The predicted octanol–water partition coefficient (Wildman–Crippen LogP) is 3.04. The van der Waals surface area contributed by atoms with Crippen LogP contribution in [-0.4, -0.2) is 29.4 Å². The van der Waals surface area contributed by atoms with Gasteiger partial charge in [0.05, 0.1) is 12.0 Å². The van der Waals surface area contributed by atoms with Crippen LogP contribution in [0.25, 0.3) is 0 Å². The Kier molecular flexibility index (Phi) is 5.06. The van der Waals surface area contributed by atoms with Crippen molar-refractivity contribution in [3.8, 4) is 5.75 Å². The number of hydrogen-bond donors (Lipinski definition) is 1. The van der Waals surface area contributed by atoms with E-state index in [1.165, 1.54) is 6.07 Å². The zero-order valence-corrected chi connectivity index (χ0v) is 12.9. The molecule has 22 heavy (non-hydrogen) atoms. The van der Waals surface area contributed by atoms with E-state index in [-0.39, 0.29) is 26.9 Å². The Morgan fingerprint density at radius 3 is 2.73 bits per heavy atom. The second-order valence-electron chi connectivity index (χ2n) is 3.81. The molecule has 11 heteroatoms. The van der Waals surface area contributed by atoms with Gasteiger partial charge in [0.2, 0.25) is 5.91 Å². The Balaban J connectivity index is 2.23. The SMILES string of the molecule is O=C1CSC(=NN=Cc2c(Br)ccc(OC(F)(F)F)c2F)N1. The van der Waals surface area contributed by atoms with Gasteiger partial charge < -0.3 is 10.1 Å². The third-order valence-electron chi connectivity index (χ3n) is 2.24. The summed E-state index contributed by atoms with van der Waals surface area (Å²) in [5.41, 5.74) is -0.263. The van der Waals surface area contributed by atoms with Gasteiger partial charge >= 0.3 is 6.36 Å². The number of thioether (sulfide) groups is 1. The van der Waals surface area contributed by atoms with Crippen molar-refractivity contribution >= 4 is 45.0 Å². The van der Waals surface area contributed by atoms with Gasteiger partial charge in [-0.2, -0.15) is 5.10 Å². The first-order chi connectivity index (χ1) is 10.3. The molecule has 0 saturated carbocycles. The van der Waals surface area contributed by atoms with Crippen molar-refractivity contribution in [1.29, 1.82) is 0 Å². The topological polar surface area (TPSA) is 63.0 Å². The summed E-state index contributed by atoms with van der Waals surface area (Å²) < 4.78 is 54.1. The first-order valence-electron chi connectivity index (χ1n) is 5.53. The van der Waals surface area contributed by atoms with Crippen molar-refractivity contribution in [2.45, 2.75) is 6.36 Å². The van der Waals surface area contributed by atoms with Crippen LogP contribution in [0.2, 0.25) is 0 Å². The molecule has 1 aliphatic rings. The summed E-state index contributed by atoms with van der Waals surface area (Å²) in [5, 5.41) is 9.78. The molecule has 0 spiro atoms. The second-order valence-corrected chi connectivity index (χ2v) is 5.63. The lowest BCUT2D eigenvalue weighted by molar-refractivity contribution is -0.275. The van der Waals surface area contributed by atoms with E-state index in [0.717, 1.165) is 24.0 Å². The molecule has 1 N–H and O–H groups in total. The van der Waals surface area contributed by atoms with E-state index < -0.39 is 17.9 Å². The molecule has 0 atom stereocenters. The third kappa shape index (κ3) is 4.44. The quantitative estimate of drug-likeness (QED) is 0.482. The highest BCUT2D eigenvalue weighted by molar-refractivity contribution is 9.10. The van der Waals surface area contributed by atoms with Crippen LogP contribution in [0.5, 0.6) is 5.75 Å². The maximum atomic E-state index is 14.0. The molecule has 2 rings (SSSR count). The number of amides is 1. The van der Waals surface area contributed by atoms with E-state index in [1.54, 1.807) is 0 Å². The monoisotopic (exact) mass is 399 g/mol. The Labute approximate surface area is 133 Å². The van der Waals surface area contributed by atoms with Crippen LogP contribution in [0.1, 0.15) is 5.56 Å². The number of nitrogens with zero attached hydrogens (tertiary/aromatic N) is 2. The van der Waals surface area contributed by atoms with E-state index in [1.807, 2.05) is 0 Å². The Hall–Kier alpha value is -1.62. The van der Waals surface area contributed by atoms with Crippen LogP contribution in [0, 0.1) is 5.82 Å². The number of carbonyl (C=O) groups is 1. The van der Waals surface area contributed by atoms with Crippen molar-refractivity contribution < 1.29 is 27.1 Å². The molecule has 1 amide bonds. The zero-order valence-electron chi connectivity index (χ0n) is 10.4. The highest BCUT2D eigenvalue weighted by Gasteiger charge is 2.33. The molecule has 118 valence electrons. The number of hydrogen-bond acceptors (Lipinski definition) is 5. The Bertz CT molecular complexity index is 663. The fraction of sp³-hybridized carbons (Fsp3) is 0.182. The molecule has 0 radical (unpaired) electrons. The lowest BCUT2D eigenvalue weighted by atomic mass is 10.2. The molecular weight excluding hydrogens is 394 g/mol. The molecule has 1 aromatic carbocycles. The van der Waals surface area contributed by atoms with Crippen LogP contribution < -0.4 is 10.1 Å². The average Bonchev–Trinajstić information content (AvgIpc) is 2.81. The normalized spacial score (nSPS) is 17.3. The summed E-state index contributed by atoms with van der Waals surface area (Å²) >= 11 is 4.09. The molecule has 0 bridgehead atoms. The lowest BCUT2D eigenvalue weighted by Crippen LogP contribution is -2.19. The van der Waals surface area contributed by atoms with Gasteiger partial charge in [0.1, 0.15) is 0 Å². The number of carbonyl (C=O) groups excluding carboxylic acids is 1. The molecule has 0 unspecified atom stereocenters. The fourth-order valence-electron chi connectivity index (χ4n) is 1.39. The summed E-state index contributed by atoms with van der Waals surface area (Å²) in [6, 6.07) is 2.02. The molecule has 0 aromatic heterocycles. The highest BCUT2D eigenvalue weighted by atomic mass is 79.9. The molecule has 0 aliphatic carbocycles. The predicted molar refractivity (Wildman–Crippen MR) is 76.4 cm³/mol. The summed E-state index contributed by atoms with van der Waals surface area (Å²) in [4.78, 5) is 10.9. The molecule has 1 fully saturated rings. The highest BCUT2D eigenvalue weighted by Crippen LogP contribution is 2.30. The van der Waals surface area contributed by atoms with E-state index in [0.29, 0.717) is 0 Å². The molecular formula is C11H6BrF4N3O2S. The second kappa shape index (κ2) is 6.65. The summed E-state index contributed by atoms with van der Waals surface area (Å²) in [6.45, 7) is 0. The van der Waals surface area contributed by atoms with Gasteiger partial charge in [0.15, 0.2) is 16.7 Å². The van der Waals surface area contributed by atoms with Crippen molar-refractivity contribution in [3.05, 3.63) is 28.0 Å². The minimum absolute atomic E-state index is 0.173. The minimum atomic E-state index is -5.01. The third-order valence-corrected chi connectivity index (χ3v) is 3.79. The number of rotatable bonds is 3. The number of ether oxygens (including phenoxy) is 1. The number of amidine groups is 1. The Morgan fingerprint density at radius 1 is 1.41 bits per heavy atom. The largest absolute Gasteiger partial charge is 0.573 e. The molecule has 1 heterocycles. The van der Waals surface area contributed by atoms with Crippen molar-refractivity contribution in [2.75, 3.05) is 5.75 Å². The standard InChI is InChI=1S/C11H6BrF4N3O2S/c12-6-1-2-7(21-11(14,15)16)9(13)5(6)3-17-19-10-18-8(20)4-22-10/h1-3H,4H2,(H,18,19,20). The molecule has 1 aromatic rings. The van der Waals surface area contributed by atoms with Crippen LogP contribution in [0.15, 0.2) is 26.8 Å².